The number of hydrogen-bond acceptors (Lipinski definition) is 5. The molecule has 4 atom stereocenters. The largest absolute Gasteiger partial charge is 0.472 e. The normalized spacial score (nSPS) is 37.0. The van der Waals surface area contributed by atoms with Gasteiger partial charge in [-0.1, -0.05) is 0 Å². The van der Waals surface area contributed by atoms with Gasteiger partial charge in [-0.15, -0.1) is 0 Å². The summed E-state index contributed by atoms with van der Waals surface area (Å²) in [4.78, 5) is 9.06. The molecule has 1 heterocycles. The molecule has 0 radical (unpaired) electrons. The van der Waals surface area contributed by atoms with Crippen molar-refractivity contribution in [2.75, 3.05) is 13.7 Å². The van der Waals surface area contributed by atoms with E-state index in [1.165, 1.54) is 0 Å². The molecule has 0 saturated carbocycles. The minimum absolute atomic E-state index is 0.0889. The van der Waals surface area contributed by atoms with Crippen LogP contribution in [-0.4, -0.2) is 42.0 Å². The Hall–Kier alpha value is 0.0300. The standard InChI is InChI=1S/C7H15O6P/c1-5-3-6(7(4-8)12-5)13-14(9,10)11-2/h5-8H,3-4H2,1-2H3,(H,9,10)/t5-,6?,7+/m0/s1. The molecule has 1 saturated heterocycles. The molecule has 0 aromatic heterocycles. The van der Waals surface area contributed by atoms with E-state index >= 15 is 0 Å². The highest BCUT2D eigenvalue weighted by Gasteiger charge is 2.38. The number of rotatable bonds is 4. The SMILES string of the molecule is COP(=O)(O)OC1C[C@H](C)O[C@@H]1CO. The maximum atomic E-state index is 11.1. The highest BCUT2D eigenvalue weighted by molar-refractivity contribution is 7.47. The van der Waals surface area contributed by atoms with Crippen molar-refractivity contribution in [3.63, 3.8) is 0 Å². The van der Waals surface area contributed by atoms with Crippen molar-refractivity contribution in [2.45, 2.75) is 31.7 Å². The van der Waals surface area contributed by atoms with Gasteiger partial charge in [0.15, 0.2) is 0 Å². The van der Waals surface area contributed by atoms with Crippen molar-refractivity contribution >= 4 is 7.82 Å². The van der Waals surface area contributed by atoms with Crippen LogP contribution in [-0.2, 0) is 18.3 Å². The molecule has 1 fully saturated rings. The van der Waals surface area contributed by atoms with Gasteiger partial charge in [0.25, 0.3) is 0 Å². The zero-order chi connectivity index (χ0) is 10.8. The van der Waals surface area contributed by atoms with Crippen molar-refractivity contribution < 1.29 is 28.3 Å². The lowest BCUT2D eigenvalue weighted by atomic mass is 10.1. The first-order chi connectivity index (χ1) is 6.48. The van der Waals surface area contributed by atoms with Crippen LogP contribution >= 0.6 is 7.82 Å². The Morgan fingerprint density at radius 2 is 2.29 bits per heavy atom. The molecule has 1 aliphatic rings. The van der Waals surface area contributed by atoms with Gasteiger partial charge in [0, 0.05) is 13.5 Å². The second-order valence-electron chi connectivity index (χ2n) is 3.20. The fourth-order valence-electron chi connectivity index (χ4n) is 1.41. The highest BCUT2D eigenvalue weighted by Crippen LogP contribution is 2.46. The van der Waals surface area contributed by atoms with E-state index in [1.807, 2.05) is 0 Å². The molecule has 0 aliphatic carbocycles. The van der Waals surface area contributed by atoms with E-state index in [-0.39, 0.29) is 12.7 Å². The quantitative estimate of drug-likeness (QED) is 0.670. The van der Waals surface area contributed by atoms with Crippen molar-refractivity contribution in [3.05, 3.63) is 0 Å². The number of hydrogen-bond donors (Lipinski definition) is 2. The van der Waals surface area contributed by atoms with Crippen molar-refractivity contribution in [1.82, 2.24) is 0 Å². The van der Waals surface area contributed by atoms with Crippen LogP contribution in [0.1, 0.15) is 13.3 Å². The van der Waals surface area contributed by atoms with Crippen LogP contribution in [0.3, 0.4) is 0 Å². The molecule has 1 aliphatic heterocycles. The third kappa shape index (κ3) is 3.02. The van der Waals surface area contributed by atoms with E-state index in [9.17, 15) is 4.57 Å². The number of ether oxygens (including phenoxy) is 1. The summed E-state index contributed by atoms with van der Waals surface area (Å²) in [5, 5.41) is 8.91. The minimum Gasteiger partial charge on any atom is -0.394 e. The summed E-state index contributed by atoms with van der Waals surface area (Å²) in [5.74, 6) is 0. The summed E-state index contributed by atoms with van der Waals surface area (Å²) >= 11 is 0. The van der Waals surface area contributed by atoms with Crippen LogP contribution in [0.2, 0.25) is 0 Å². The van der Waals surface area contributed by atoms with Gasteiger partial charge in [0.05, 0.1) is 12.7 Å². The molecule has 2 N–H and O–H groups in total. The molecule has 84 valence electrons. The van der Waals surface area contributed by atoms with Gasteiger partial charge in [-0.2, -0.15) is 0 Å². The molecular weight excluding hydrogens is 211 g/mol. The maximum Gasteiger partial charge on any atom is 0.472 e. The summed E-state index contributed by atoms with van der Waals surface area (Å²) in [7, 11) is -2.90. The van der Waals surface area contributed by atoms with E-state index < -0.39 is 20.0 Å². The first kappa shape index (κ1) is 12.1. The molecule has 7 heteroatoms. The van der Waals surface area contributed by atoms with Gasteiger partial charge in [0.1, 0.15) is 12.2 Å². The Balaban J connectivity index is 2.55. The monoisotopic (exact) mass is 226 g/mol. The number of aliphatic hydroxyl groups is 1. The molecule has 0 bridgehead atoms. The highest BCUT2D eigenvalue weighted by atomic mass is 31.2. The summed E-state index contributed by atoms with van der Waals surface area (Å²) in [6.07, 6.45) is -0.764. The topological polar surface area (TPSA) is 85.2 Å². The van der Waals surface area contributed by atoms with Crippen LogP contribution in [0.15, 0.2) is 0 Å². The fraction of sp³-hybridized carbons (Fsp3) is 1.00. The van der Waals surface area contributed by atoms with Crippen LogP contribution in [0, 0.1) is 0 Å². The average molecular weight is 226 g/mol. The molecule has 2 unspecified atom stereocenters. The smallest absolute Gasteiger partial charge is 0.394 e. The Labute approximate surface area is 82.4 Å². The molecule has 6 nitrogen and oxygen atoms in total. The predicted octanol–water partition coefficient (Wildman–Crippen LogP) is 0.288. The predicted molar refractivity (Wildman–Crippen MR) is 47.7 cm³/mol. The summed E-state index contributed by atoms with van der Waals surface area (Å²) in [5.41, 5.74) is 0. The van der Waals surface area contributed by atoms with Gasteiger partial charge < -0.3 is 14.7 Å². The maximum absolute atomic E-state index is 11.1. The zero-order valence-electron chi connectivity index (χ0n) is 8.12. The third-order valence-electron chi connectivity index (χ3n) is 2.07. The lowest BCUT2D eigenvalue weighted by molar-refractivity contribution is -0.0179. The molecule has 14 heavy (non-hydrogen) atoms. The number of phosphoric acid groups is 1. The summed E-state index contributed by atoms with van der Waals surface area (Å²) in [6.45, 7) is 1.57. The van der Waals surface area contributed by atoms with Gasteiger partial charge in [0.2, 0.25) is 0 Å². The van der Waals surface area contributed by atoms with Crippen molar-refractivity contribution in [1.29, 1.82) is 0 Å². The van der Waals surface area contributed by atoms with E-state index in [1.54, 1.807) is 6.92 Å². The van der Waals surface area contributed by atoms with Crippen LogP contribution in [0.5, 0.6) is 0 Å². The Kier molecular flexibility index (Phi) is 4.06. The number of phosphoric ester groups is 1. The third-order valence-corrected chi connectivity index (χ3v) is 3.06. The minimum atomic E-state index is -3.99. The molecule has 1 rings (SSSR count). The van der Waals surface area contributed by atoms with E-state index in [2.05, 4.69) is 4.52 Å². The molecular formula is C7H15O6P. The Bertz CT molecular complexity index is 232. The van der Waals surface area contributed by atoms with E-state index in [0.717, 1.165) is 7.11 Å². The van der Waals surface area contributed by atoms with Crippen LogP contribution in [0.4, 0.5) is 0 Å². The Morgan fingerprint density at radius 1 is 1.64 bits per heavy atom. The van der Waals surface area contributed by atoms with Crippen molar-refractivity contribution in [3.8, 4) is 0 Å². The first-order valence-corrected chi connectivity index (χ1v) is 5.81. The molecule has 0 spiro atoms. The van der Waals surface area contributed by atoms with Gasteiger partial charge in [-0.25, -0.2) is 4.57 Å². The summed E-state index contributed by atoms with van der Waals surface area (Å²) in [6, 6.07) is 0. The number of aliphatic hydroxyl groups excluding tert-OH is 1. The molecule has 0 amide bonds. The summed E-state index contributed by atoms with van der Waals surface area (Å²) < 4.78 is 25.4. The van der Waals surface area contributed by atoms with Gasteiger partial charge >= 0.3 is 7.82 Å². The van der Waals surface area contributed by atoms with E-state index in [4.69, 9.17) is 19.3 Å². The van der Waals surface area contributed by atoms with Crippen molar-refractivity contribution in [2.24, 2.45) is 0 Å². The Morgan fingerprint density at radius 3 is 2.79 bits per heavy atom. The lowest BCUT2D eigenvalue weighted by Crippen LogP contribution is -2.27. The average Bonchev–Trinajstić information content (AvgIpc) is 2.45. The van der Waals surface area contributed by atoms with Crippen LogP contribution < -0.4 is 0 Å². The zero-order valence-corrected chi connectivity index (χ0v) is 9.02. The van der Waals surface area contributed by atoms with Crippen LogP contribution in [0.25, 0.3) is 0 Å². The van der Waals surface area contributed by atoms with Gasteiger partial charge in [-0.05, 0) is 6.92 Å². The second-order valence-corrected chi connectivity index (χ2v) is 4.71. The lowest BCUT2D eigenvalue weighted by Gasteiger charge is -2.18. The fourth-order valence-corrected chi connectivity index (χ4v) is 2.06. The first-order valence-electron chi connectivity index (χ1n) is 4.31. The molecule has 0 aromatic carbocycles. The molecule has 0 aromatic rings. The van der Waals surface area contributed by atoms with E-state index in [0.29, 0.717) is 6.42 Å². The second kappa shape index (κ2) is 4.70. The van der Waals surface area contributed by atoms with Gasteiger partial charge in [-0.3, -0.25) is 9.05 Å².